The van der Waals surface area contributed by atoms with Crippen molar-refractivity contribution in [3.8, 4) is 0 Å². The van der Waals surface area contributed by atoms with Crippen LogP contribution in [-0.4, -0.2) is 29.8 Å². The molecule has 0 spiro atoms. The highest BCUT2D eigenvalue weighted by atomic mass is 16.1. The van der Waals surface area contributed by atoms with E-state index in [4.69, 9.17) is 0 Å². The molecule has 1 heterocycles. The van der Waals surface area contributed by atoms with Gasteiger partial charge in [-0.25, -0.2) is 0 Å². The fourth-order valence-electron chi connectivity index (χ4n) is 3.46. The van der Waals surface area contributed by atoms with Gasteiger partial charge in [-0.3, -0.25) is 9.69 Å². The van der Waals surface area contributed by atoms with E-state index in [2.05, 4.69) is 11.8 Å². The Kier molecular flexibility index (Phi) is 4.39. The van der Waals surface area contributed by atoms with E-state index in [9.17, 15) is 4.79 Å². The van der Waals surface area contributed by atoms with Crippen LogP contribution in [0.5, 0.6) is 0 Å². The van der Waals surface area contributed by atoms with Gasteiger partial charge in [0.15, 0.2) is 0 Å². The Morgan fingerprint density at radius 3 is 2.69 bits per heavy atom. The number of ketones is 1. The van der Waals surface area contributed by atoms with Crippen LogP contribution in [-0.2, 0) is 4.79 Å². The van der Waals surface area contributed by atoms with E-state index in [-0.39, 0.29) is 0 Å². The minimum atomic E-state index is 0.367. The second kappa shape index (κ2) is 5.81. The molecule has 0 aromatic carbocycles. The summed E-state index contributed by atoms with van der Waals surface area (Å²) in [6, 6.07) is 0.570. The molecule has 1 aliphatic heterocycles. The molecule has 92 valence electrons. The predicted octanol–water partition coefficient (Wildman–Crippen LogP) is 3.01. The van der Waals surface area contributed by atoms with Crippen LogP contribution in [0, 0.1) is 5.92 Å². The molecule has 2 fully saturated rings. The number of Topliss-reactive ketones (excluding diaryl/α,β-unsaturated/α-hetero) is 1. The Labute approximate surface area is 99.4 Å². The average molecular weight is 223 g/mol. The van der Waals surface area contributed by atoms with Crippen molar-refractivity contribution in [2.45, 2.75) is 64.3 Å². The first-order chi connectivity index (χ1) is 7.83. The van der Waals surface area contributed by atoms with E-state index in [0.717, 1.165) is 25.8 Å². The first-order valence-corrected chi connectivity index (χ1v) is 7.09. The number of hydrogen-bond acceptors (Lipinski definition) is 2. The van der Waals surface area contributed by atoms with E-state index >= 15 is 0 Å². The summed E-state index contributed by atoms with van der Waals surface area (Å²) < 4.78 is 0. The molecule has 0 N–H and O–H groups in total. The maximum Gasteiger partial charge on any atom is 0.137 e. The second-order valence-corrected chi connectivity index (χ2v) is 5.36. The van der Waals surface area contributed by atoms with Gasteiger partial charge in [-0.1, -0.05) is 26.2 Å². The van der Waals surface area contributed by atoms with Gasteiger partial charge in [0.25, 0.3) is 0 Å². The molecule has 0 bridgehead atoms. The van der Waals surface area contributed by atoms with Gasteiger partial charge in [0.1, 0.15) is 5.78 Å². The Hall–Kier alpha value is -0.370. The molecule has 2 atom stereocenters. The second-order valence-electron chi connectivity index (χ2n) is 5.36. The van der Waals surface area contributed by atoms with Gasteiger partial charge in [-0.05, 0) is 38.8 Å². The molecule has 1 saturated carbocycles. The van der Waals surface area contributed by atoms with Gasteiger partial charge in [0.2, 0.25) is 0 Å². The molecule has 2 aliphatic rings. The monoisotopic (exact) mass is 223 g/mol. The number of rotatable bonds is 2. The van der Waals surface area contributed by atoms with Crippen molar-refractivity contribution in [2.24, 2.45) is 5.92 Å². The van der Waals surface area contributed by atoms with Gasteiger partial charge in [0, 0.05) is 18.4 Å². The predicted molar refractivity (Wildman–Crippen MR) is 66.5 cm³/mol. The standard InChI is InChI=1S/C14H25NO/c1-2-15-11-7-3-4-9-13(15)12-8-5-6-10-14(12)16/h12-13H,2-11H2,1H3. The van der Waals surface area contributed by atoms with E-state index in [1.54, 1.807) is 0 Å². The molecule has 1 saturated heterocycles. The lowest BCUT2D eigenvalue weighted by atomic mass is 9.80. The molecule has 0 radical (unpaired) electrons. The molecule has 2 unspecified atom stereocenters. The molecule has 0 amide bonds. The lowest BCUT2D eigenvalue weighted by Crippen LogP contribution is -2.44. The van der Waals surface area contributed by atoms with Gasteiger partial charge < -0.3 is 0 Å². The molecule has 16 heavy (non-hydrogen) atoms. The Morgan fingerprint density at radius 2 is 1.94 bits per heavy atom. The van der Waals surface area contributed by atoms with E-state index < -0.39 is 0 Å². The zero-order valence-electron chi connectivity index (χ0n) is 10.6. The highest BCUT2D eigenvalue weighted by Crippen LogP contribution is 2.30. The summed E-state index contributed by atoms with van der Waals surface area (Å²) in [5, 5.41) is 0. The minimum Gasteiger partial charge on any atom is -0.300 e. The van der Waals surface area contributed by atoms with Crippen LogP contribution < -0.4 is 0 Å². The van der Waals surface area contributed by atoms with Crippen molar-refractivity contribution >= 4 is 5.78 Å². The van der Waals surface area contributed by atoms with Crippen LogP contribution in [0.4, 0.5) is 0 Å². The molecule has 2 nitrogen and oxygen atoms in total. The van der Waals surface area contributed by atoms with Gasteiger partial charge in [-0.2, -0.15) is 0 Å². The molecule has 0 aromatic heterocycles. The summed E-state index contributed by atoms with van der Waals surface area (Å²) in [6.45, 7) is 4.57. The summed E-state index contributed by atoms with van der Waals surface area (Å²) in [6.07, 6.45) is 9.66. The third-order valence-corrected chi connectivity index (χ3v) is 4.39. The highest BCUT2D eigenvalue weighted by molar-refractivity contribution is 5.82. The Balaban J connectivity index is 2.05. The topological polar surface area (TPSA) is 20.3 Å². The van der Waals surface area contributed by atoms with Crippen LogP contribution in [0.2, 0.25) is 0 Å². The maximum atomic E-state index is 12.0. The largest absolute Gasteiger partial charge is 0.300 e. The fourth-order valence-corrected chi connectivity index (χ4v) is 3.46. The van der Waals surface area contributed by atoms with Crippen molar-refractivity contribution < 1.29 is 4.79 Å². The lowest BCUT2D eigenvalue weighted by Gasteiger charge is -2.36. The summed E-state index contributed by atoms with van der Waals surface area (Å²) in [5.74, 6) is 0.920. The first kappa shape index (κ1) is 12.1. The SMILES string of the molecule is CCN1CCCCCC1C1CCCCC1=O. The summed E-state index contributed by atoms with van der Waals surface area (Å²) in [7, 11) is 0. The fraction of sp³-hybridized carbons (Fsp3) is 0.929. The van der Waals surface area contributed by atoms with Crippen molar-refractivity contribution in [3.05, 3.63) is 0 Å². The number of hydrogen-bond donors (Lipinski definition) is 0. The van der Waals surface area contributed by atoms with E-state index in [1.807, 2.05) is 0 Å². The summed E-state index contributed by atoms with van der Waals surface area (Å²) >= 11 is 0. The molecule has 2 rings (SSSR count). The smallest absolute Gasteiger partial charge is 0.137 e. The number of nitrogens with zero attached hydrogens (tertiary/aromatic N) is 1. The van der Waals surface area contributed by atoms with Crippen LogP contribution in [0.1, 0.15) is 58.3 Å². The molecule has 2 heteroatoms. The molecule has 0 aromatic rings. The van der Waals surface area contributed by atoms with Crippen LogP contribution in [0.3, 0.4) is 0 Å². The van der Waals surface area contributed by atoms with E-state index in [1.165, 1.54) is 38.6 Å². The van der Waals surface area contributed by atoms with Crippen LogP contribution in [0.15, 0.2) is 0 Å². The van der Waals surface area contributed by atoms with Crippen LogP contribution >= 0.6 is 0 Å². The van der Waals surface area contributed by atoms with Crippen molar-refractivity contribution in [1.29, 1.82) is 0 Å². The number of carbonyl (C=O) groups excluding carboxylic acids is 1. The molecular formula is C14H25NO. The van der Waals surface area contributed by atoms with Gasteiger partial charge in [-0.15, -0.1) is 0 Å². The molecular weight excluding hydrogens is 198 g/mol. The number of likely N-dealkylation sites (tertiary alicyclic amines) is 1. The quantitative estimate of drug-likeness (QED) is 0.717. The van der Waals surface area contributed by atoms with Crippen LogP contribution in [0.25, 0.3) is 0 Å². The van der Waals surface area contributed by atoms with Crippen molar-refractivity contribution in [1.82, 2.24) is 4.90 Å². The zero-order chi connectivity index (χ0) is 11.4. The third-order valence-electron chi connectivity index (χ3n) is 4.39. The van der Waals surface area contributed by atoms with E-state index in [0.29, 0.717) is 17.7 Å². The normalized spacial score (nSPS) is 33.7. The highest BCUT2D eigenvalue weighted by Gasteiger charge is 2.33. The maximum absolute atomic E-state index is 12.0. The summed E-state index contributed by atoms with van der Waals surface area (Å²) in [5.41, 5.74) is 0. The average Bonchev–Trinajstić information content (AvgIpc) is 2.54. The third kappa shape index (κ3) is 2.65. The van der Waals surface area contributed by atoms with Crippen molar-refractivity contribution in [2.75, 3.05) is 13.1 Å². The Bertz CT molecular complexity index is 239. The lowest BCUT2D eigenvalue weighted by molar-refractivity contribution is -0.127. The first-order valence-electron chi connectivity index (χ1n) is 7.09. The Morgan fingerprint density at radius 1 is 1.12 bits per heavy atom. The minimum absolute atomic E-state index is 0.367. The van der Waals surface area contributed by atoms with Crippen molar-refractivity contribution in [3.63, 3.8) is 0 Å². The van der Waals surface area contributed by atoms with Gasteiger partial charge in [0.05, 0.1) is 0 Å². The summed E-state index contributed by atoms with van der Waals surface area (Å²) in [4.78, 5) is 14.6. The zero-order valence-corrected chi connectivity index (χ0v) is 10.6. The van der Waals surface area contributed by atoms with Gasteiger partial charge >= 0.3 is 0 Å². The molecule has 1 aliphatic carbocycles. The number of carbonyl (C=O) groups is 1.